The van der Waals surface area contributed by atoms with Gasteiger partial charge in [0.1, 0.15) is 10.7 Å². The zero-order chi connectivity index (χ0) is 12.6. The molecule has 0 saturated carbocycles. The van der Waals surface area contributed by atoms with Crippen LogP contribution in [-0.4, -0.2) is 20.7 Å². The standard InChI is InChI=1S/C10H10F3N3S/c1-3-17-8-6-4-5(2)14-7(6)15-9(16-8)10(11,12)13/h4H,3H2,1-2H3,(H,14,15,16). The summed E-state index contributed by atoms with van der Waals surface area (Å²) in [5.74, 6) is -0.434. The topological polar surface area (TPSA) is 41.6 Å². The van der Waals surface area contributed by atoms with Crippen LogP contribution in [0.2, 0.25) is 0 Å². The first-order valence-electron chi connectivity index (χ1n) is 4.99. The molecular formula is C10H10F3N3S. The fraction of sp³-hybridized carbons (Fsp3) is 0.400. The molecule has 2 heterocycles. The Kier molecular flexibility index (Phi) is 3.03. The second-order valence-electron chi connectivity index (χ2n) is 3.50. The van der Waals surface area contributed by atoms with Crippen LogP contribution in [0.25, 0.3) is 11.0 Å². The van der Waals surface area contributed by atoms with Gasteiger partial charge in [0.2, 0.25) is 5.82 Å². The van der Waals surface area contributed by atoms with Crippen molar-refractivity contribution in [3.63, 3.8) is 0 Å². The maximum atomic E-state index is 12.6. The van der Waals surface area contributed by atoms with E-state index in [9.17, 15) is 13.2 Å². The molecule has 3 nitrogen and oxygen atoms in total. The fourth-order valence-corrected chi connectivity index (χ4v) is 2.22. The molecule has 0 fully saturated rings. The molecule has 0 aliphatic carbocycles. The number of aryl methyl sites for hydroxylation is 1. The van der Waals surface area contributed by atoms with Crippen LogP contribution in [0.1, 0.15) is 18.4 Å². The van der Waals surface area contributed by atoms with Gasteiger partial charge in [0.05, 0.1) is 5.39 Å². The Balaban J connectivity index is 2.66. The van der Waals surface area contributed by atoms with Gasteiger partial charge in [0, 0.05) is 5.69 Å². The van der Waals surface area contributed by atoms with Gasteiger partial charge >= 0.3 is 6.18 Å². The van der Waals surface area contributed by atoms with E-state index >= 15 is 0 Å². The van der Waals surface area contributed by atoms with Gasteiger partial charge in [-0.1, -0.05) is 6.92 Å². The molecule has 92 valence electrons. The summed E-state index contributed by atoms with van der Waals surface area (Å²) < 4.78 is 37.8. The lowest BCUT2D eigenvalue weighted by Gasteiger charge is -2.07. The first-order valence-corrected chi connectivity index (χ1v) is 5.97. The molecule has 2 aromatic heterocycles. The van der Waals surface area contributed by atoms with E-state index < -0.39 is 12.0 Å². The molecule has 2 rings (SSSR count). The highest BCUT2D eigenvalue weighted by Gasteiger charge is 2.35. The summed E-state index contributed by atoms with van der Waals surface area (Å²) in [4.78, 5) is 9.89. The second kappa shape index (κ2) is 4.21. The number of nitrogens with zero attached hydrogens (tertiary/aromatic N) is 2. The molecular weight excluding hydrogens is 251 g/mol. The predicted octanol–water partition coefficient (Wildman–Crippen LogP) is 3.40. The van der Waals surface area contributed by atoms with Crippen LogP contribution in [0.4, 0.5) is 13.2 Å². The van der Waals surface area contributed by atoms with Gasteiger partial charge in [-0.05, 0) is 18.7 Å². The van der Waals surface area contributed by atoms with E-state index in [1.165, 1.54) is 11.8 Å². The summed E-state index contributed by atoms with van der Waals surface area (Å²) in [6, 6.07) is 1.76. The Morgan fingerprint density at radius 3 is 2.65 bits per heavy atom. The number of H-pyrrole nitrogens is 1. The Morgan fingerprint density at radius 1 is 1.35 bits per heavy atom. The van der Waals surface area contributed by atoms with E-state index in [-0.39, 0.29) is 5.65 Å². The van der Waals surface area contributed by atoms with Crippen molar-refractivity contribution < 1.29 is 13.2 Å². The third-order valence-corrected chi connectivity index (χ3v) is 3.00. The molecule has 0 atom stereocenters. The number of halogens is 3. The van der Waals surface area contributed by atoms with Crippen molar-refractivity contribution in [3.8, 4) is 0 Å². The number of fused-ring (bicyclic) bond motifs is 1. The molecule has 0 radical (unpaired) electrons. The molecule has 7 heteroatoms. The van der Waals surface area contributed by atoms with Gasteiger partial charge < -0.3 is 4.98 Å². The Hall–Kier alpha value is -1.24. The van der Waals surface area contributed by atoms with Gasteiger partial charge in [-0.3, -0.25) is 0 Å². The minimum atomic E-state index is -4.52. The third kappa shape index (κ3) is 2.38. The van der Waals surface area contributed by atoms with Gasteiger partial charge in [-0.2, -0.15) is 13.2 Å². The number of aromatic amines is 1. The summed E-state index contributed by atoms with van der Waals surface area (Å²) in [6.07, 6.45) is -4.52. The summed E-state index contributed by atoms with van der Waals surface area (Å²) in [6.45, 7) is 3.64. The molecule has 0 aliphatic heterocycles. The van der Waals surface area contributed by atoms with Crippen molar-refractivity contribution in [1.82, 2.24) is 15.0 Å². The van der Waals surface area contributed by atoms with E-state index in [0.29, 0.717) is 16.2 Å². The maximum Gasteiger partial charge on any atom is 0.451 e. The average Bonchev–Trinajstić information content (AvgIpc) is 2.57. The molecule has 0 aliphatic rings. The van der Waals surface area contributed by atoms with Crippen molar-refractivity contribution in [1.29, 1.82) is 0 Å². The Morgan fingerprint density at radius 2 is 2.06 bits per heavy atom. The van der Waals surface area contributed by atoms with E-state index in [1.807, 2.05) is 6.92 Å². The third-order valence-electron chi connectivity index (χ3n) is 2.12. The summed E-state index contributed by atoms with van der Waals surface area (Å²) in [5.41, 5.74) is 1.01. The molecule has 17 heavy (non-hydrogen) atoms. The monoisotopic (exact) mass is 261 g/mol. The normalized spacial score (nSPS) is 12.3. The fourth-order valence-electron chi connectivity index (χ4n) is 1.49. The first-order chi connectivity index (χ1) is 7.91. The number of alkyl halides is 3. The van der Waals surface area contributed by atoms with Crippen molar-refractivity contribution in [2.45, 2.75) is 25.0 Å². The van der Waals surface area contributed by atoms with Crippen molar-refractivity contribution in [2.75, 3.05) is 5.75 Å². The Labute approximate surface area is 99.8 Å². The highest BCUT2D eigenvalue weighted by atomic mass is 32.2. The molecule has 0 aromatic carbocycles. The maximum absolute atomic E-state index is 12.6. The van der Waals surface area contributed by atoms with Crippen molar-refractivity contribution in [2.24, 2.45) is 0 Å². The van der Waals surface area contributed by atoms with E-state index in [0.717, 1.165) is 5.69 Å². The van der Waals surface area contributed by atoms with Crippen molar-refractivity contribution in [3.05, 3.63) is 17.6 Å². The van der Waals surface area contributed by atoms with E-state index in [1.54, 1.807) is 13.0 Å². The summed E-state index contributed by atoms with van der Waals surface area (Å²) in [7, 11) is 0. The van der Waals surface area contributed by atoms with Crippen LogP contribution in [0.5, 0.6) is 0 Å². The highest BCUT2D eigenvalue weighted by Crippen LogP contribution is 2.32. The average molecular weight is 261 g/mol. The number of hydrogen-bond acceptors (Lipinski definition) is 3. The zero-order valence-electron chi connectivity index (χ0n) is 9.22. The molecule has 0 spiro atoms. The molecule has 1 N–H and O–H groups in total. The van der Waals surface area contributed by atoms with Crippen LogP contribution in [0.15, 0.2) is 11.1 Å². The molecule has 0 saturated heterocycles. The second-order valence-corrected chi connectivity index (χ2v) is 4.75. The number of rotatable bonds is 2. The molecule has 2 aromatic rings. The summed E-state index contributed by atoms with van der Waals surface area (Å²) >= 11 is 1.28. The minimum absolute atomic E-state index is 0.237. The van der Waals surface area contributed by atoms with Gasteiger partial charge in [0.15, 0.2) is 0 Å². The van der Waals surface area contributed by atoms with Crippen molar-refractivity contribution >= 4 is 22.8 Å². The molecule has 0 amide bonds. The van der Waals surface area contributed by atoms with Gasteiger partial charge in [-0.15, -0.1) is 11.8 Å². The minimum Gasteiger partial charge on any atom is -0.343 e. The smallest absolute Gasteiger partial charge is 0.343 e. The van der Waals surface area contributed by atoms with E-state index in [2.05, 4.69) is 15.0 Å². The van der Waals surface area contributed by atoms with Gasteiger partial charge in [0.25, 0.3) is 0 Å². The van der Waals surface area contributed by atoms with Gasteiger partial charge in [-0.25, -0.2) is 9.97 Å². The predicted molar refractivity (Wildman–Crippen MR) is 60.0 cm³/mol. The first kappa shape index (κ1) is 12.2. The van der Waals surface area contributed by atoms with Crippen LogP contribution in [0.3, 0.4) is 0 Å². The quantitative estimate of drug-likeness (QED) is 0.665. The van der Waals surface area contributed by atoms with E-state index in [4.69, 9.17) is 0 Å². The Bertz CT molecular complexity index is 547. The SMILES string of the molecule is CCSc1nc(C(F)(F)F)nc2[nH]c(C)cc12. The lowest BCUT2D eigenvalue weighted by Crippen LogP contribution is -2.11. The van der Waals surface area contributed by atoms with Crippen LogP contribution >= 0.6 is 11.8 Å². The number of aromatic nitrogens is 3. The molecule has 0 bridgehead atoms. The van der Waals surface area contributed by atoms with Crippen LogP contribution in [-0.2, 0) is 6.18 Å². The number of nitrogens with one attached hydrogen (secondary N) is 1. The molecule has 0 unspecified atom stereocenters. The largest absolute Gasteiger partial charge is 0.451 e. The van der Waals surface area contributed by atoms with Crippen LogP contribution in [0, 0.1) is 6.92 Å². The van der Waals surface area contributed by atoms with Crippen LogP contribution < -0.4 is 0 Å². The number of hydrogen-bond donors (Lipinski definition) is 1. The summed E-state index contributed by atoms with van der Waals surface area (Å²) in [5, 5.41) is 1.01. The highest BCUT2D eigenvalue weighted by molar-refractivity contribution is 7.99. The lowest BCUT2D eigenvalue weighted by atomic mass is 10.4. The zero-order valence-corrected chi connectivity index (χ0v) is 10.0. The number of thioether (sulfide) groups is 1. The lowest BCUT2D eigenvalue weighted by molar-refractivity contribution is -0.145.